The first-order chi connectivity index (χ1) is 13.5. The summed E-state index contributed by atoms with van der Waals surface area (Å²) in [5.41, 5.74) is 3.12. The molecule has 1 aliphatic heterocycles. The lowest BCUT2D eigenvalue weighted by atomic mass is 9.79. The van der Waals surface area contributed by atoms with Crippen LogP contribution in [0, 0.1) is 12.8 Å². The van der Waals surface area contributed by atoms with E-state index in [1.165, 1.54) is 4.31 Å². The molecule has 0 aromatic heterocycles. The second kappa shape index (κ2) is 7.64. The molecule has 0 spiro atoms. The number of allylic oxidation sites excluding steroid dienone is 1. The molecule has 2 aliphatic rings. The highest BCUT2D eigenvalue weighted by molar-refractivity contribution is 7.89. The van der Waals surface area contributed by atoms with Gasteiger partial charge < -0.3 is 0 Å². The zero-order valence-corrected chi connectivity index (χ0v) is 16.8. The number of hydrogen-bond acceptors (Lipinski definition) is 2. The quantitative estimate of drug-likeness (QED) is 0.675. The summed E-state index contributed by atoms with van der Waals surface area (Å²) in [6, 6.07) is 15.8. The molecule has 0 saturated carbocycles. The minimum Gasteiger partial charge on any atom is -0.207 e. The SMILES string of the molecule is Cc1ccc(S(=O)(=O)N2CC3=CCCCC3/C(=C(/F)c3ccccc3)C2)cc1. The van der Waals surface area contributed by atoms with Gasteiger partial charge in [-0.05, 0) is 43.9 Å². The van der Waals surface area contributed by atoms with Gasteiger partial charge in [-0.15, -0.1) is 0 Å². The highest BCUT2D eigenvalue weighted by atomic mass is 32.2. The second-order valence-electron chi connectivity index (χ2n) is 7.55. The van der Waals surface area contributed by atoms with Gasteiger partial charge in [-0.3, -0.25) is 0 Å². The maximum atomic E-state index is 15.4. The predicted molar refractivity (Wildman–Crippen MR) is 110 cm³/mol. The van der Waals surface area contributed by atoms with Crippen molar-refractivity contribution < 1.29 is 12.8 Å². The van der Waals surface area contributed by atoms with Crippen LogP contribution in [0.5, 0.6) is 0 Å². The van der Waals surface area contributed by atoms with Crippen LogP contribution < -0.4 is 0 Å². The van der Waals surface area contributed by atoms with Crippen LogP contribution in [0.25, 0.3) is 5.83 Å². The van der Waals surface area contributed by atoms with Crippen molar-refractivity contribution in [2.45, 2.75) is 31.1 Å². The van der Waals surface area contributed by atoms with Crippen molar-refractivity contribution in [3.05, 3.63) is 82.9 Å². The highest BCUT2D eigenvalue weighted by Gasteiger charge is 2.37. The zero-order chi connectivity index (χ0) is 19.7. The molecule has 3 nitrogen and oxygen atoms in total. The lowest BCUT2D eigenvalue weighted by Crippen LogP contribution is -2.42. The molecule has 146 valence electrons. The third-order valence-corrected chi connectivity index (χ3v) is 7.45. The Kier molecular flexibility index (Phi) is 5.21. The molecular weight excluding hydrogens is 373 g/mol. The first-order valence-electron chi connectivity index (χ1n) is 9.66. The van der Waals surface area contributed by atoms with E-state index in [-0.39, 0.29) is 23.2 Å². The summed E-state index contributed by atoms with van der Waals surface area (Å²) in [4.78, 5) is 0.257. The predicted octanol–water partition coefficient (Wildman–Crippen LogP) is 5.11. The summed E-state index contributed by atoms with van der Waals surface area (Å²) in [5.74, 6) is -0.291. The van der Waals surface area contributed by atoms with E-state index in [1.54, 1.807) is 48.5 Å². The zero-order valence-electron chi connectivity index (χ0n) is 15.9. The number of fused-ring (bicyclic) bond motifs is 1. The Labute approximate surface area is 166 Å². The van der Waals surface area contributed by atoms with E-state index >= 15 is 4.39 Å². The van der Waals surface area contributed by atoms with Gasteiger partial charge in [0.1, 0.15) is 5.83 Å². The minimum absolute atomic E-state index is 0.00146. The van der Waals surface area contributed by atoms with Gasteiger partial charge in [-0.2, -0.15) is 4.31 Å². The molecule has 0 radical (unpaired) electrons. The largest absolute Gasteiger partial charge is 0.243 e. The molecule has 1 atom stereocenters. The van der Waals surface area contributed by atoms with Crippen molar-refractivity contribution in [3.8, 4) is 0 Å². The van der Waals surface area contributed by atoms with Crippen LogP contribution in [-0.4, -0.2) is 25.8 Å². The first kappa shape index (κ1) is 19.1. The Hall–Kier alpha value is -2.24. The van der Waals surface area contributed by atoms with Crippen LogP contribution in [0.3, 0.4) is 0 Å². The van der Waals surface area contributed by atoms with Crippen molar-refractivity contribution >= 4 is 15.9 Å². The third kappa shape index (κ3) is 3.56. The van der Waals surface area contributed by atoms with Gasteiger partial charge in [-0.25, -0.2) is 12.8 Å². The fourth-order valence-corrected chi connectivity index (χ4v) is 5.50. The number of nitrogens with zero attached hydrogens (tertiary/aromatic N) is 1. The Bertz CT molecular complexity index is 1020. The average Bonchev–Trinajstić information content (AvgIpc) is 2.73. The highest BCUT2D eigenvalue weighted by Crippen LogP contribution is 2.41. The molecule has 5 heteroatoms. The van der Waals surface area contributed by atoms with Gasteiger partial charge in [0.15, 0.2) is 0 Å². The third-order valence-electron chi connectivity index (χ3n) is 5.65. The monoisotopic (exact) mass is 397 g/mol. The van der Waals surface area contributed by atoms with Crippen LogP contribution in [0.2, 0.25) is 0 Å². The number of rotatable bonds is 3. The Morgan fingerprint density at radius 3 is 2.46 bits per heavy atom. The minimum atomic E-state index is -3.69. The summed E-state index contributed by atoms with van der Waals surface area (Å²) in [6.45, 7) is 2.36. The Morgan fingerprint density at radius 1 is 1.04 bits per heavy atom. The molecular formula is C23H24FNO2S. The molecule has 0 N–H and O–H groups in total. The summed E-state index contributed by atoms with van der Waals surface area (Å²) >= 11 is 0. The van der Waals surface area contributed by atoms with Gasteiger partial charge >= 0.3 is 0 Å². The molecule has 1 aliphatic carbocycles. The lowest BCUT2D eigenvalue weighted by Gasteiger charge is -2.38. The van der Waals surface area contributed by atoms with E-state index in [0.717, 1.165) is 30.4 Å². The number of hydrogen-bond donors (Lipinski definition) is 0. The molecule has 2 aromatic carbocycles. The molecule has 1 unspecified atom stereocenters. The summed E-state index contributed by atoms with van der Waals surface area (Å²) < 4.78 is 43.3. The van der Waals surface area contributed by atoms with Gasteiger partial charge in [0.05, 0.1) is 4.90 Å². The number of sulfonamides is 1. The lowest BCUT2D eigenvalue weighted by molar-refractivity contribution is 0.379. The fourth-order valence-electron chi connectivity index (χ4n) is 4.09. The van der Waals surface area contributed by atoms with Crippen molar-refractivity contribution in [2.24, 2.45) is 5.92 Å². The maximum Gasteiger partial charge on any atom is 0.243 e. The molecule has 1 heterocycles. The van der Waals surface area contributed by atoms with E-state index in [1.807, 2.05) is 13.0 Å². The number of halogens is 1. The van der Waals surface area contributed by atoms with Crippen LogP contribution in [0.1, 0.15) is 30.4 Å². The van der Waals surface area contributed by atoms with E-state index < -0.39 is 10.0 Å². The molecule has 2 aromatic rings. The van der Waals surface area contributed by atoms with Gasteiger partial charge in [-0.1, -0.05) is 59.7 Å². The van der Waals surface area contributed by atoms with Gasteiger partial charge in [0.2, 0.25) is 10.0 Å². The first-order valence-corrected chi connectivity index (χ1v) is 11.1. The molecule has 4 rings (SSSR count). The van der Waals surface area contributed by atoms with Crippen molar-refractivity contribution in [3.63, 3.8) is 0 Å². The summed E-state index contributed by atoms with van der Waals surface area (Å²) in [7, 11) is -3.69. The summed E-state index contributed by atoms with van der Waals surface area (Å²) in [5, 5.41) is 0. The number of benzene rings is 2. The van der Waals surface area contributed by atoms with E-state index in [0.29, 0.717) is 17.7 Å². The normalized spacial score (nSPS) is 22.4. The Morgan fingerprint density at radius 2 is 1.75 bits per heavy atom. The molecule has 1 saturated heterocycles. The van der Waals surface area contributed by atoms with Crippen LogP contribution in [0.4, 0.5) is 4.39 Å². The molecule has 1 fully saturated rings. The fraction of sp³-hybridized carbons (Fsp3) is 0.304. The number of piperidine rings is 1. The van der Waals surface area contributed by atoms with Crippen LogP contribution >= 0.6 is 0 Å². The van der Waals surface area contributed by atoms with Gasteiger partial charge in [0, 0.05) is 24.6 Å². The van der Waals surface area contributed by atoms with Crippen LogP contribution in [0.15, 0.2) is 76.7 Å². The van der Waals surface area contributed by atoms with Crippen molar-refractivity contribution in [1.82, 2.24) is 4.31 Å². The second-order valence-corrected chi connectivity index (χ2v) is 9.49. The van der Waals surface area contributed by atoms with Crippen LogP contribution in [-0.2, 0) is 10.0 Å². The maximum absolute atomic E-state index is 15.4. The van der Waals surface area contributed by atoms with Gasteiger partial charge in [0.25, 0.3) is 0 Å². The smallest absolute Gasteiger partial charge is 0.207 e. The van der Waals surface area contributed by atoms with Crippen molar-refractivity contribution in [1.29, 1.82) is 0 Å². The number of aryl methyl sites for hydroxylation is 1. The van der Waals surface area contributed by atoms with E-state index in [9.17, 15) is 8.42 Å². The molecule has 28 heavy (non-hydrogen) atoms. The van der Waals surface area contributed by atoms with E-state index in [4.69, 9.17) is 0 Å². The standard InChI is InChI=1S/C23H24FNO2S/c1-17-11-13-20(14-12-17)28(26,27)25-15-19-9-5-6-10-21(19)22(16-25)23(24)18-7-3-2-4-8-18/h2-4,7-9,11-14,21H,5-6,10,15-16H2,1H3/b23-22+. The Balaban J connectivity index is 1.77. The van der Waals surface area contributed by atoms with Crippen molar-refractivity contribution in [2.75, 3.05) is 13.1 Å². The average molecular weight is 398 g/mol. The summed E-state index contributed by atoms with van der Waals surface area (Å²) in [6.07, 6.45) is 4.90. The topological polar surface area (TPSA) is 37.4 Å². The molecule has 0 amide bonds. The van der Waals surface area contributed by atoms with E-state index in [2.05, 4.69) is 6.08 Å². The molecule has 0 bridgehead atoms.